The largest absolute Gasteiger partial charge is 0.422 e. The van der Waals surface area contributed by atoms with Crippen molar-refractivity contribution in [2.75, 3.05) is 32.5 Å². The van der Waals surface area contributed by atoms with E-state index in [1.54, 1.807) is 0 Å². The fraction of sp³-hybridized carbons (Fsp3) is 0.278. The topological polar surface area (TPSA) is 45.5 Å². The number of nitrogens with zero attached hydrogens (tertiary/aromatic N) is 1. The zero-order valence-electron chi connectivity index (χ0n) is 13.1. The van der Waals surface area contributed by atoms with Crippen LogP contribution in [0, 0.1) is 6.92 Å². The van der Waals surface area contributed by atoms with Gasteiger partial charge in [0.2, 0.25) is 0 Å². The standard InChI is InChI=1S/C18H20N2O2/c1-12-4-6-15-14-7-5-13(19-8-9-20(2)3)11-16(14)18(21)22-17(15)10-12/h4-7,10-11,19H,8-9H2,1-3H3. The number of fused-ring (bicyclic) bond motifs is 3. The molecule has 114 valence electrons. The molecule has 0 unspecified atom stereocenters. The van der Waals surface area contributed by atoms with E-state index in [1.807, 2.05) is 57.4 Å². The second-order valence-corrected chi connectivity index (χ2v) is 5.88. The van der Waals surface area contributed by atoms with Crippen molar-refractivity contribution in [3.8, 4) is 0 Å². The van der Waals surface area contributed by atoms with E-state index in [-0.39, 0.29) is 5.63 Å². The summed E-state index contributed by atoms with van der Waals surface area (Å²) in [5.74, 6) is 0. The van der Waals surface area contributed by atoms with Crippen LogP contribution in [0.15, 0.2) is 45.6 Å². The molecule has 1 aromatic heterocycles. The van der Waals surface area contributed by atoms with Crippen LogP contribution in [0.25, 0.3) is 21.7 Å². The smallest absolute Gasteiger partial charge is 0.344 e. The third-order valence-corrected chi connectivity index (χ3v) is 3.76. The molecular formula is C18H20N2O2. The minimum atomic E-state index is -0.288. The molecule has 0 fully saturated rings. The van der Waals surface area contributed by atoms with Crippen LogP contribution in [0.1, 0.15) is 5.56 Å². The molecule has 4 heteroatoms. The van der Waals surface area contributed by atoms with E-state index >= 15 is 0 Å². The van der Waals surface area contributed by atoms with E-state index in [2.05, 4.69) is 10.2 Å². The molecule has 0 aliphatic heterocycles. The second-order valence-electron chi connectivity index (χ2n) is 5.88. The molecule has 0 spiro atoms. The van der Waals surface area contributed by atoms with Crippen molar-refractivity contribution in [2.24, 2.45) is 0 Å². The van der Waals surface area contributed by atoms with E-state index in [4.69, 9.17) is 4.42 Å². The van der Waals surface area contributed by atoms with Gasteiger partial charge in [0.05, 0.1) is 5.39 Å². The molecule has 0 saturated carbocycles. The summed E-state index contributed by atoms with van der Waals surface area (Å²) in [5.41, 5.74) is 2.38. The highest BCUT2D eigenvalue weighted by Gasteiger charge is 2.08. The lowest BCUT2D eigenvalue weighted by molar-refractivity contribution is 0.425. The van der Waals surface area contributed by atoms with Gasteiger partial charge in [0.25, 0.3) is 0 Å². The summed E-state index contributed by atoms with van der Waals surface area (Å²) < 4.78 is 5.46. The van der Waals surface area contributed by atoms with E-state index in [0.717, 1.165) is 35.1 Å². The summed E-state index contributed by atoms with van der Waals surface area (Å²) in [6, 6.07) is 11.8. The van der Waals surface area contributed by atoms with Crippen LogP contribution < -0.4 is 10.9 Å². The molecule has 22 heavy (non-hydrogen) atoms. The number of anilines is 1. The first kappa shape index (κ1) is 14.6. The average Bonchev–Trinajstić information content (AvgIpc) is 2.47. The summed E-state index contributed by atoms with van der Waals surface area (Å²) in [4.78, 5) is 14.3. The highest BCUT2D eigenvalue weighted by Crippen LogP contribution is 2.25. The number of benzene rings is 2. The monoisotopic (exact) mass is 296 g/mol. The Balaban J connectivity index is 2.05. The predicted octanol–water partition coefficient (Wildman–Crippen LogP) is 3.23. The zero-order valence-corrected chi connectivity index (χ0v) is 13.1. The van der Waals surface area contributed by atoms with Crippen molar-refractivity contribution in [3.05, 3.63) is 52.4 Å². The zero-order chi connectivity index (χ0) is 15.7. The third-order valence-electron chi connectivity index (χ3n) is 3.76. The number of nitrogens with one attached hydrogen (secondary N) is 1. The van der Waals surface area contributed by atoms with E-state index in [9.17, 15) is 4.79 Å². The van der Waals surface area contributed by atoms with Crippen LogP contribution in [0.4, 0.5) is 5.69 Å². The van der Waals surface area contributed by atoms with Crippen LogP contribution in [-0.4, -0.2) is 32.1 Å². The van der Waals surface area contributed by atoms with Gasteiger partial charge in [-0.05, 0) is 44.8 Å². The van der Waals surface area contributed by atoms with Gasteiger partial charge in [-0.1, -0.05) is 18.2 Å². The second kappa shape index (κ2) is 5.81. The molecule has 0 bridgehead atoms. The lowest BCUT2D eigenvalue weighted by Crippen LogP contribution is -2.20. The molecule has 0 saturated heterocycles. The van der Waals surface area contributed by atoms with E-state index < -0.39 is 0 Å². The number of aryl methyl sites for hydroxylation is 1. The fourth-order valence-electron chi connectivity index (χ4n) is 2.57. The molecule has 0 aliphatic rings. The lowest BCUT2D eigenvalue weighted by Gasteiger charge is -2.12. The van der Waals surface area contributed by atoms with Crippen molar-refractivity contribution >= 4 is 27.4 Å². The molecule has 1 N–H and O–H groups in total. The number of rotatable bonds is 4. The molecule has 3 rings (SSSR count). The Bertz CT molecular complexity index is 881. The number of hydrogen-bond acceptors (Lipinski definition) is 4. The van der Waals surface area contributed by atoms with Gasteiger partial charge in [-0.25, -0.2) is 4.79 Å². The van der Waals surface area contributed by atoms with Gasteiger partial charge in [0, 0.05) is 29.5 Å². The molecule has 0 amide bonds. The number of likely N-dealkylation sites (N-methyl/N-ethyl adjacent to an activating group) is 1. The third kappa shape index (κ3) is 2.83. The van der Waals surface area contributed by atoms with Crippen LogP contribution in [0.2, 0.25) is 0 Å². The van der Waals surface area contributed by atoms with Crippen molar-refractivity contribution in [3.63, 3.8) is 0 Å². The summed E-state index contributed by atoms with van der Waals surface area (Å²) in [6.07, 6.45) is 0. The summed E-state index contributed by atoms with van der Waals surface area (Å²) >= 11 is 0. The molecule has 3 aromatic rings. The Kier molecular flexibility index (Phi) is 3.86. The summed E-state index contributed by atoms with van der Waals surface area (Å²) in [7, 11) is 4.07. The first-order valence-corrected chi connectivity index (χ1v) is 7.40. The van der Waals surface area contributed by atoms with Gasteiger partial charge < -0.3 is 14.6 Å². The molecule has 0 aliphatic carbocycles. The first-order valence-electron chi connectivity index (χ1n) is 7.40. The van der Waals surface area contributed by atoms with Gasteiger partial charge >= 0.3 is 5.63 Å². The Morgan fingerprint density at radius 2 is 1.82 bits per heavy atom. The fourth-order valence-corrected chi connectivity index (χ4v) is 2.57. The van der Waals surface area contributed by atoms with Crippen molar-refractivity contribution in [1.82, 2.24) is 4.90 Å². The predicted molar refractivity (Wildman–Crippen MR) is 91.8 cm³/mol. The Hall–Kier alpha value is -2.33. The lowest BCUT2D eigenvalue weighted by atomic mass is 10.1. The van der Waals surface area contributed by atoms with Crippen molar-refractivity contribution in [2.45, 2.75) is 6.92 Å². The Morgan fingerprint density at radius 3 is 2.59 bits per heavy atom. The molecule has 2 aromatic carbocycles. The number of hydrogen-bond donors (Lipinski definition) is 1. The molecular weight excluding hydrogens is 276 g/mol. The van der Waals surface area contributed by atoms with Crippen molar-refractivity contribution < 1.29 is 4.42 Å². The van der Waals surface area contributed by atoms with Gasteiger partial charge in [0.15, 0.2) is 0 Å². The quantitative estimate of drug-likeness (QED) is 0.593. The molecule has 0 atom stereocenters. The maximum atomic E-state index is 12.2. The van der Waals surface area contributed by atoms with Gasteiger partial charge in [-0.15, -0.1) is 0 Å². The maximum absolute atomic E-state index is 12.2. The Labute approximate surface area is 129 Å². The van der Waals surface area contributed by atoms with Crippen molar-refractivity contribution in [1.29, 1.82) is 0 Å². The maximum Gasteiger partial charge on any atom is 0.344 e. The van der Waals surface area contributed by atoms with Crippen LogP contribution in [-0.2, 0) is 0 Å². The van der Waals surface area contributed by atoms with E-state index in [0.29, 0.717) is 11.0 Å². The minimum Gasteiger partial charge on any atom is -0.422 e. The Morgan fingerprint density at radius 1 is 1.05 bits per heavy atom. The van der Waals surface area contributed by atoms with Crippen LogP contribution in [0.3, 0.4) is 0 Å². The van der Waals surface area contributed by atoms with E-state index in [1.165, 1.54) is 0 Å². The summed E-state index contributed by atoms with van der Waals surface area (Å²) in [6.45, 7) is 3.75. The highest BCUT2D eigenvalue weighted by molar-refractivity contribution is 6.05. The van der Waals surface area contributed by atoms with Crippen LogP contribution >= 0.6 is 0 Å². The highest BCUT2D eigenvalue weighted by atomic mass is 16.4. The van der Waals surface area contributed by atoms with Crippen LogP contribution in [0.5, 0.6) is 0 Å². The molecule has 0 radical (unpaired) electrons. The van der Waals surface area contributed by atoms with Gasteiger partial charge in [-0.2, -0.15) is 0 Å². The average molecular weight is 296 g/mol. The normalized spacial score (nSPS) is 11.5. The minimum absolute atomic E-state index is 0.288. The van der Waals surface area contributed by atoms with Gasteiger partial charge in [-0.3, -0.25) is 0 Å². The first-order chi connectivity index (χ1) is 10.5. The summed E-state index contributed by atoms with van der Waals surface area (Å²) in [5, 5.41) is 5.85. The SMILES string of the molecule is Cc1ccc2c(c1)oc(=O)c1cc(NCCN(C)C)ccc12. The molecule has 4 nitrogen and oxygen atoms in total. The molecule has 1 heterocycles. The van der Waals surface area contributed by atoms with Gasteiger partial charge in [0.1, 0.15) is 5.58 Å².